The molecule has 0 aromatic carbocycles. The monoisotopic (exact) mass is 135 g/mol. The van der Waals surface area contributed by atoms with Gasteiger partial charge in [-0.05, 0) is 13.8 Å². The highest BCUT2D eigenvalue weighted by Crippen LogP contribution is 2.16. The van der Waals surface area contributed by atoms with Crippen LogP contribution in [0.5, 0.6) is 0 Å². The van der Waals surface area contributed by atoms with Crippen molar-refractivity contribution in [2.75, 3.05) is 5.75 Å². The molecule has 1 aliphatic rings. The third kappa shape index (κ3) is 1.00. The number of hydrogen-bond acceptors (Lipinski definition) is 2. The molecule has 0 aromatic heterocycles. The van der Waals surface area contributed by atoms with Crippen LogP contribution in [-0.4, -0.2) is 19.7 Å². The van der Waals surface area contributed by atoms with Gasteiger partial charge in [0.25, 0.3) is 0 Å². The Morgan fingerprint density at radius 2 is 1.88 bits per heavy atom. The standard InChI is InChI=1S/C4H9NO2S/c1-4(2)3-8(6,7)5-4/h5H,3H2,1-2H3. The maximum absolute atomic E-state index is 10.4. The Morgan fingerprint density at radius 1 is 1.50 bits per heavy atom. The van der Waals surface area contributed by atoms with Gasteiger partial charge in [0.15, 0.2) is 0 Å². The average Bonchev–Trinajstić information content (AvgIpc) is 1.20. The third-order valence-corrected chi connectivity index (χ3v) is 2.95. The largest absolute Gasteiger partial charge is 0.213 e. The van der Waals surface area contributed by atoms with Crippen molar-refractivity contribution in [3.8, 4) is 0 Å². The van der Waals surface area contributed by atoms with Crippen molar-refractivity contribution in [1.82, 2.24) is 4.72 Å². The van der Waals surface area contributed by atoms with E-state index in [0.29, 0.717) is 0 Å². The van der Waals surface area contributed by atoms with Gasteiger partial charge in [0.1, 0.15) is 0 Å². The van der Waals surface area contributed by atoms with Crippen molar-refractivity contribution >= 4 is 10.0 Å². The van der Waals surface area contributed by atoms with Crippen LogP contribution in [-0.2, 0) is 10.0 Å². The molecule has 0 amide bonds. The summed E-state index contributed by atoms with van der Waals surface area (Å²) in [5, 5.41) is 0. The first-order valence-corrected chi connectivity index (χ1v) is 4.08. The molecule has 0 aromatic rings. The second-order valence-electron chi connectivity index (χ2n) is 2.75. The summed E-state index contributed by atoms with van der Waals surface area (Å²) in [4.78, 5) is 0. The molecule has 1 N–H and O–H groups in total. The zero-order chi connectivity index (χ0) is 6.41. The normalized spacial score (nSPS) is 31.2. The van der Waals surface area contributed by atoms with Gasteiger partial charge in [-0.3, -0.25) is 0 Å². The summed E-state index contributed by atoms with van der Waals surface area (Å²) >= 11 is 0. The SMILES string of the molecule is CC1(C)CS(=O)(=O)N1. The Kier molecular flexibility index (Phi) is 0.941. The molecule has 1 heterocycles. The van der Waals surface area contributed by atoms with Crippen molar-refractivity contribution in [2.45, 2.75) is 19.4 Å². The summed E-state index contributed by atoms with van der Waals surface area (Å²) in [6.07, 6.45) is 0. The van der Waals surface area contributed by atoms with E-state index in [2.05, 4.69) is 4.72 Å². The van der Waals surface area contributed by atoms with E-state index in [9.17, 15) is 8.42 Å². The lowest BCUT2D eigenvalue weighted by atomic mass is 10.1. The first kappa shape index (κ1) is 6.04. The van der Waals surface area contributed by atoms with Crippen molar-refractivity contribution in [3.63, 3.8) is 0 Å². The zero-order valence-electron chi connectivity index (χ0n) is 4.93. The minimum atomic E-state index is -2.84. The quantitative estimate of drug-likeness (QED) is 0.495. The van der Waals surface area contributed by atoms with Crippen LogP contribution in [0, 0.1) is 0 Å². The van der Waals surface area contributed by atoms with E-state index in [-0.39, 0.29) is 11.3 Å². The van der Waals surface area contributed by atoms with Crippen molar-refractivity contribution < 1.29 is 8.42 Å². The third-order valence-electron chi connectivity index (χ3n) is 0.983. The highest BCUT2D eigenvalue weighted by Gasteiger charge is 2.39. The summed E-state index contributed by atoms with van der Waals surface area (Å²) in [6.45, 7) is 3.71. The van der Waals surface area contributed by atoms with E-state index in [1.54, 1.807) is 0 Å². The summed E-state index contributed by atoms with van der Waals surface area (Å²) in [7, 11) is -2.84. The molecular weight excluding hydrogens is 126 g/mol. The van der Waals surface area contributed by atoms with Crippen LogP contribution in [0.25, 0.3) is 0 Å². The Balaban J connectivity index is 2.68. The summed E-state index contributed by atoms with van der Waals surface area (Å²) in [5.41, 5.74) is -0.182. The van der Waals surface area contributed by atoms with Crippen LogP contribution >= 0.6 is 0 Å². The highest BCUT2D eigenvalue weighted by atomic mass is 32.2. The second kappa shape index (κ2) is 1.25. The highest BCUT2D eigenvalue weighted by molar-refractivity contribution is 7.91. The molecule has 0 unspecified atom stereocenters. The van der Waals surface area contributed by atoms with Gasteiger partial charge in [-0.15, -0.1) is 0 Å². The molecule has 1 fully saturated rings. The van der Waals surface area contributed by atoms with E-state index in [0.717, 1.165) is 0 Å². The van der Waals surface area contributed by atoms with Crippen LogP contribution in [0.1, 0.15) is 13.8 Å². The fraction of sp³-hybridized carbons (Fsp3) is 1.00. The molecule has 1 saturated heterocycles. The lowest BCUT2D eigenvalue weighted by molar-refractivity contribution is 0.433. The Labute approximate surface area is 49.1 Å². The van der Waals surface area contributed by atoms with Gasteiger partial charge in [-0.2, -0.15) is 0 Å². The van der Waals surface area contributed by atoms with Gasteiger partial charge in [0.2, 0.25) is 10.0 Å². The number of rotatable bonds is 0. The molecular formula is C4H9NO2S. The van der Waals surface area contributed by atoms with Crippen LogP contribution in [0.2, 0.25) is 0 Å². The maximum atomic E-state index is 10.4. The van der Waals surface area contributed by atoms with Gasteiger partial charge in [-0.1, -0.05) is 0 Å². The molecule has 4 heteroatoms. The van der Waals surface area contributed by atoms with E-state index < -0.39 is 10.0 Å². The Bertz CT molecular complexity index is 178. The van der Waals surface area contributed by atoms with Crippen LogP contribution in [0.15, 0.2) is 0 Å². The molecule has 1 rings (SSSR count). The lowest BCUT2D eigenvalue weighted by Crippen LogP contribution is -2.60. The van der Waals surface area contributed by atoms with E-state index in [4.69, 9.17) is 0 Å². The molecule has 0 spiro atoms. The minimum Gasteiger partial charge on any atom is -0.212 e. The Hall–Kier alpha value is -0.0900. The predicted molar refractivity (Wildman–Crippen MR) is 31.0 cm³/mol. The van der Waals surface area contributed by atoms with Crippen molar-refractivity contribution in [1.29, 1.82) is 0 Å². The molecule has 0 atom stereocenters. The number of nitrogens with one attached hydrogen (secondary N) is 1. The van der Waals surface area contributed by atoms with Crippen molar-refractivity contribution in [3.05, 3.63) is 0 Å². The van der Waals surface area contributed by atoms with Gasteiger partial charge in [0.05, 0.1) is 5.75 Å². The number of hydrogen-bond donors (Lipinski definition) is 1. The molecule has 0 radical (unpaired) electrons. The van der Waals surface area contributed by atoms with E-state index >= 15 is 0 Å². The molecule has 0 aliphatic carbocycles. The molecule has 3 nitrogen and oxygen atoms in total. The molecule has 8 heavy (non-hydrogen) atoms. The number of sulfonamides is 1. The first-order valence-electron chi connectivity index (χ1n) is 2.43. The first-order chi connectivity index (χ1) is 3.41. The average molecular weight is 135 g/mol. The summed E-state index contributed by atoms with van der Waals surface area (Å²) in [5.74, 6) is 0.264. The predicted octanol–water partition coefficient (Wildman–Crippen LogP) is -0.302. The van der Waals surface area contributed by atoms with Crippen molar-refractivity contribution in [2.24, 2.45) is 0 Å². The van der Waals surface area contributed by atoms with Gasteiger partial charge >= 0.3 is 0 Å². The van der Waals surface area contributed by atoms with Crippen LogP contribution in [0.3, 0.4) is 0 Å². The van der Waals surface area contributed by atoms with E-state index in [1.807, 2.05) is 13.8 Å². The fourth-order valence-electron chi connectivity index (χ4n) is 0.881. The van der Waals surface area contributed by atoms with Crippen LogP contribution < -0.4 is 4.72 Å². The van der Waals surface area contributed by atoms with Gasteiger partial charge in [-0.25, -0.2) is 13.1 Å². The summed E-state index contributed by atoms with van der Waals surface area (Å²) in [6, 6.07) is 0. The van der Waals surface area contributed by atoms with Gasteiger partial charge in [0, 0.05) is 5.54 Å². The smallest absolute Gasteiger partial charge is 0.212 e. The van der Waals surface area contributed by atoms with Gasteiger partial charge < -0.3 is 0 Å². The van der Waals surface area contributed by atoms with E-state index in [1.165, 1.54) is 0 Å². The maximum Gasteiger partial charge on any atom is 0.213 e. The Morgan fingerprint density at radius 3 is 1.88 bits per heavy atom. The molecule has 0 bridgehead atoms. The fourth-order valence-corrected chi connectivity index (χ4v) is 2.64. The summed E-state index contributed by atoms with van der Waals surface area (Å²) < 4.78 is 23.2. The molecule has 0 saturated carbocycles. The molecule has 1 aliphatic heterocycles. The zero-order valence-corrected chi connectivity index (χ0v) is 5.75. The second-order valence-corrected chi connectivity index (χ2v) is 4.47. The lowest BCUT2D eigenvalue weighted by Gasteiger charge is -2.34. The van der Waals surface area contributed by atoms with Crippen LogP contribution in [0.4, 0.5) is 0 Å². The topological polar surface area (TPSA) is 46.2 Å². The molecule has 48 valence electrons. The minimum absolute atomic E-state index is 0.182.